The number of nitrogens with one attached hydrogen (secondary N) is 1. The van der Waals surface area contributed by atoms with E-state index in [1.54, 1.807) is 6.92 Å². The third-order valence-electron chi connectivity index (χ3n) is 4.30. The highest BCUT2D eigenvalue weighted by molar-refractivity contribution is 5.78. The number of nitrogens with zero attached hydrogens (tertiary/aromatic N) is 3. The third-order valence-corrected chi connectivity index (χ3v) is 4.30. The molecule has 1 aliphatic heterocycles. The highest BCUT2D eigenvalue weighted by Crippen LogP contribution is 2.19. The predicted molar refractivity (Wildman–Crippen MR) is 96.2 cm³/mol. The smallest absolute Gasteiger partial charge is 0.475 e. The molecule has 158 valence electrons. The number of para-hydroxylation sites is 1. The zero-order valence-electron chi connectivity index (χ0n) is 15.6. The van der Waals surface area contributed by atoms with E-state index in [9.17, 15) is 18.0 Å². The van der Waals surface area contributed by atoms with Gasteiger partial charge in [0, 0.05) is 24.8 Å². The number of amides is 1. The van der Waals surface area contributed by atoms with Gasteiger partial charge in [-0.2, -0.15) is 13.2 Å². The molecule has 2 heterocycles. The van der Waals surface area contributed by atoms with Crippen LogP contribution in [-0.2, 0) is 16.0 Å². The van der Waals surface area contributed by atoms with Crippen molar-refractivity contribution < 1.29 is 32.5 Å². The lowest BCUT2D eigenvalue weighted by atomic mass is 10.0. The average molecular weight is 414 g/mol. The second-order valence-corrected chi connectivity index (χ2v) is 6.44. The van der Waals surface area contributed by atoms with Crippen LogP contribution in [0.15, 0.2) is 35.0 Å². The number of hydrogen-bond acceptors (Lipinski definition) is 6. The molecule has 0 aliphatic carbocycles. The molecule has 1 aromatic carbocycles. The summed E-state index contributed by atoms with van der Waals surface area (Å²) < 4.78 is 36.3. The Morgan fingerprint density at radius 2 is 1.79 bits per heavy atom. The molecule has 1 saturated heterocycles. The Kier molecular flexibility index (Phi) is 7.57. The fourth-order valence-electron chi connectivity index (χ4n) is 2.76. The number of carboxylic acid groups (broad SMARTS) is 1. The van der Waals surface area contributed by atoms with Crippen molar-refractivity contribution in [1.29, 1.82) is 0 Å². The molecule has 11 heteroatoms. The van der Waals surface area contributed by atoms with Gasteiger partial charge in [-0.15, -0.1) is 0 Å². The predicted octanol–water partition coefficient (Wildman–Crippen LogP) is 2.34. The van der Waals surface area contributed by atoms with Gasteiger partial charge in [-0.25, -0.2) is 9.42 Å². The maximum atomic E-state index is 12.0. The van der Waals surface area contributed by atoms with E-state index in [4.69, 9.17) is 9.90 Å². The topological polar surface area (TPSA) is 109 Å². The first-order valence-electron chi connectivity index (χ1n) is 8.84. The maximum Gasteiger partial charge on any atom is 0.490 e. The number of aryl methyl sites for hydroxylation is 1. The number of benzene rings is 1. The number of alkyl halides is 3. The first-order chi connectivity index (χ1) is 13.7. The van der Waals surface area contributed by atoms with E-state index in [0.29, 0.717) is 11.4 Å². The fraction of sp³-hybridized carbons (Fsp3) is 0.444. The molecule has 2 N–H and O–H groups in total. The Hall–Kier alpha value is -3.11. The zero-order valence-corrected chi connectivity index (χ0v) is 15.6. The average Bonchev–Trinajstić information content (AvgIpc) is 3.07. The number of carboxylic acids is 1. The normalized spacial score (nSPS) is 14.7. The van der Waals surface area contributed by atoms with Crippen molar-refractivity contribution in [2.45, 2.75) is 38.4 Å². The number of aromatic nitrogens is 2. The summed E-state index contributed by atoms with van der Waals surface area (Å²) in [5.41, 5.74) is 2.53. The van der Waals surface area contributed by atoms with Crippen LogP contribution in [0.25, 0.3) is 0 Å². The Morgan fingerprint density at radius 1 is 1.21 bits per heavy atom. The molecule has 0 spiro atoms. The van der Waals surface area contributed by atoms with Crippen LogP contribution >= 0.6 is 0 Å². The van der Waals surface area contributed by atoms with Crippen molar-refractivity contribution in [3.05, 3.63) is 41.7 Å². The van der Waals surface area contributed by atoms with Crippen LogP contribution in [0.4, 0.5) is 18.9 Å². The van der Waals surface area contributed by atoms with Crippen molar-refractivity contribution in [2.24, 2.45) is 0 Å². The monoisotopic (exact) mass is 414 g/mol. The number of carbonyl (C=O) groups excluding carboxylic acids is 1. The van der Waals surface area contributed by atoms with Gasteiger partial charge in [0.25, 0.3) is 0 Å². The minimum atomic E-state index is -5.08. The Labute approximate surface area is 164 Å². The summed E-state index contributed by atoms with van der Waals surface area (Å²) in [6.45, 7) is 3.70. The number of carbonyl (C=O) groups is 2. The van der Waals surface area contributed by atoms with Gasteiger partial charge in [-0.1, -0.05) is 28.5 Å². The summed E-state index contributed by atoms with van der Waals surface area (Å²) in [6.07, 6.45) is -2.94. The molecule has 0 saturated carbocycles. The molecule has 0 unspecified atom stereocenters. The largest absolute Gasteiger partial charge is 0.490 e. The summed E-state index contributed by atoms with van der Waals surface area (Å²) in [6, 6.07) is 10.6. The minimum Gasteiger partial charge on any atom is -0.475 e. The summed E-state index contributed by atoms with van der Waals surface area (Å²) in [4.78, 5) is 23.3. The SMILES string of the molecule is Cc1nonc1CC(=O)NC1CCN(c2ccccc2)CC1.O=C(O)C(F)(F)F. The number of halogens is 3. The molecule has 29 heavy (non-hydrogen) atoms. The molecule has 0 bridgehead atoms. The zero-order chi connectivity index (χ0) is 21.4. The number of piperidine rings is 1. The van der Waals surface area contributed by atoms with E-state index in [1.165, 1.54) is 5.69 Å². The van der Waals surface area contributed by atoms with Crippen molar-refractivity contribution in [3.8, 4) is 0 Å². The van der Waals surface area contributed by atoms with Crippen LogP contribution in [0.2, 0.25) is 0 Å². The van der Waals surface area contributed by atoms with Crippen LogP contribution in [-0.4, -0.2) is 52.6 Å². The van der Waals surface area contributed by atoms with Crippen molar-refractivity contribution >= 4 is 17.6 Å². The molecule has 2 aromatic rings. The lowest BCUT2D eigenvalue weighted by molar-refractivity contribution is -0.192. The van der Waals surface area contributed by atoms with E-state index in [-0.39, 0.29) is 18.4 Å². The molecular weight excluding hydrogens is 393 g/mol. The first kappa shape index (κ1) is 22.2. The number of hydrogen-bond donors (Lipinski definition) is 2. The van der Waals surface area contributed by atoms with Crippen LogP contribution in [0.5, 0.6) is 0 Å². The van der Waals surface area contributed by atoms with E-state index in [0.717, 1.165) is 25.9 Å². The Morgan fingerprint density at radius 3 is 2.28 bits per heavy atom. The molecule has 1 aromatic heterocycles. The van der Waals surface area contributed by atoms with E-state index in [1.807, 2.05) is 6.07 Å². The molecule has 1 fully saturated rings. The maximum absolute atomic E-state index is 12.0. The molecule has 0 radical (unpaired) electrons. The van der Waals surface area contributed by atoms with E-state index < -0.39 is 12.1 Å². The summed E-state index contributed by atoms with van der Waals surface area (Å²) >= 11 is 0. The van der Waals surface area contributed by atoms with Gasteiger partial charge in [0.2, 0.25) is 5.91 Å². The quantitative estimate of drug-likeness (QED) is 0.790. The van der Waals surface area contributed by atoms with Gasteiger partial charge >= 0.3 is 12.1 Å². The molecule has 3 rings (SSSR count). The van der Waals surface area contributed by atoms with Gasteiger partial charge < -0.3 is 15.3 Å². The standard InChI is InChI=1S/C16H20N4O2.C2HF3O2/c1-12-15(19-22-18-12)11-16(21)17-13-7-9-20(10-8-13)14-5-3-2-4-6-14;3-2(4,5)1(6)7/h2-6,13H,7-11H2,1H3,(H,17,21);(H,6,7). The summed E-state index contributed by atoms with van der Waals surface area (Å²) in [7, 11) is 0. The Balaban J connectivity index is 0.000000370. The van der Waals surface area contributed by atoms with Crippen LogP contribution in [0.1, 0.15) is 24.2 Å². The minimum absolute atomic E-state index is 0.0167. The van der Waals surface area contributed by atoms with Gasteiger partial charge in [0.05, 0.1) is 6.42 Å². The second kappa shape index (κ2) is 9.89. The van der Waals surface area contributed by atoms with Gasteiger partial charge in [0.1, 0.15) is 11.4 Å². The van der Waals surface area contributed by atoms with E-state index >= 15 is 0 Å². The highest BCUT2D eigenvalue weighted by Gasteiger charge is 2.38. The summed E-state index contributed by atoms with van der Waals surface area (Å²) in [5.74, 6) is -2.77. The van der Waals surface area contributed by atoms with Gasteiger partial charge in [0.15, 0.2) is 0 Å². The molecular formula is C18H21F3N4O4. The highest BCUT2D eigenvalue weighted by atomic mass is 19.4. The van der Waals surface area contributed by atoms with Crippen LogP contribution < -0.4 is 10.2 Å². The van der Waals surface area contributed by atoms with Gasteiger partial charge in [-0.05, 0) is 31.9 Å². The van der Waals surface area contributed by atoms with Gasteiger partial charge in [-0.3, -0.25) is 4.79 Å². The summed E-state index contributed by atoms with van der Waals surface area (Å²) in [5, 5.41) is 17.6. The van der Waals surface area contributed by atoms with Crippen LogP contribution in [0.3, 0.4) is 0 Å². The number of aliphatic carboxylic acids is 1. The van der Waals surface area contributed by atoms with Crippen LogP contribution in [0, 0.1) is 6.92 Å². The van der Waals surface area contributed by atoms with Crippen molar-refractivity contribution in [1.82, 2.24) is 15.6 Å². The first-order valence-corrected chi connectivity index (χ1v) is 8.84. The van der Waals surface area contributed by atoms with E-state index in [2.05, 4.69) is 49.4 Å². The Bertz CT molecular complexity index is 803. The lowest BCUT2D eigenvalue weighted by Crippen LogP contribution is -2.45. The number of rotatable bonds is 4. The number of anilines is 1. The molecule has 8 nitrogen and oxygen atoms in total. The molecule has 1 aliphatic rings. The third kappa shape index (κ3) is 7.09. The lowest BCUT2D eigenvalue weighted by Gasteiger charge is -2.34. The molecule has 0 atom stereocenters. The fourth-order valence-corrected chi connectivity index (χ4v) is 2.76. The van der Waals surface area contributed by atoms with Crippen molar-refractivity contribution in [2.75, 3.05) is 18.0 Å². The molecule has 1 amide bonds. The second-order valence-electron chi connectivity index (χ2n) is 6.44. The van der Waals surface area contributed by atoms with Crippen molar-refractivity contribution in [3.63, 3.8) is 0 Å².